The summed E-state index contributed by atoms with van der Waals surface area (Å²) in [6, 6.07) is 6.93. The van der Waals surface area contributed by atoms with Crippen molar-refractivity contribution in [1.82, 2.24) is 0 Å². The number of carbonyl (C=O) groups excluding carboxylic acids is 1. The monoisotopic (exact) mass is 588 g/mol. The number of ether oxygens (including phenoxy) is 9. The molecule has 13 nitrogen and oxygen atoms in total. The zero-order valence-corrected chi connectivity index (χ0v) is 23.1. The lowest BCUT2D eigenvalue weighted by atomic mass is 9.66. The Hall–Kier alpha value is -3.33. The summed E-state index contributed by atoms with van der Waals surface area (Å²) in [5, 5.41) is 32.5. The zero-order chi connectivity index (χ0) is 29.3. The maximum atomic E-state index is 13.4. The fourth-order valence-corrected chi connectivity index (χ4v) is 6.74. The first-order valence-electron chi connectivity index (χ1n) is 13.8. The molecule has 4 heterocycles. The average Bonchev–Trinajstić information content (AvgIpc) is 3.61. The van der Waals surface area contributed by atoms with E-state index in [1.54, 1.807) is 31.2 Å². The van der Waals surface area contributed by atoms with Gasteiger partial charge >= 0.3 is 5.97 Å². The van der Waals surface area contributed by atoms with E-state index in [9.17, 15) is 20.1 Å². The molecule has 3 N–H and O–H groups in total. The molecule has 0 unspecified atom stereocenters. The number of hydrogen-bond acceptors (Lipinski definition) is 13. The number of benzene rings is 2. The van der Waals surface area contributed by atoms with E-state index >= 15 is 0 Å². The number of fused-ring (bicyclic) bond motifs is 4. The first kappa shape index (κ1) is 27.5. The normalized spacial score (nSPS) is 36.5. The van der Waals surface area contributed by atoms with Gasteiger partial charge in [0.15, 0.2) is 35.6 Å². The number of hydrogen-bond donors (Lipinski definition) is 3. The third-order valence-corrected chi connectivity index (χ3v) is 8.75. The second-order valence-electron chi connectivity index (χ2n) is 11.0. The molecule has 2 aromatic rings. The maximum Gasteiger partial charge on any atom is 0.310 e. The van der Waals surface area contributed by atoms with Crippen LogP contribution in [0.2, 0.25) is 0 Å². The standard InChI is InChI=1S/C29H32O13/c1-11-36-9-20-27(40-11)24(31)25(32)29(41-20)42-26-14-7-17-16(38-10-39-17)6-13(14)21(22-15(26)8-37-28(22)33)12-4-18(34-2)23(30)19(5-12)35-3/h4-7,11,15,20-22,24-27,29-32H,8-10H2,1-3H3/t11-,15-,20-,21+,22-,24+,25+,26-,27+,29+/m0/s1. The van der Waals surface area contributed by atoms with Gasteiger partial charge in [0.05, 0.1) is 39.5 Å². The highest BCUT2D eigenvalue weighted by Gasteiger charge is 2.56. The first-order valence-corrected chi connectivity index (χ1v) is 13.8. The second kappa shape index (κ2) is 10.4. The lowest BCUT2D eigenvalue weighted by molar-refractivity contribution is -0.364. The highest BCUT2D eigenvalue weighted by molar-refractivity contribution is 5.79. The molecule has 3 saturated heterocycles. The smallest absolute Gasteiger partial charge is 0.310 e. The van der Waals surface area contributed by atoms with E-state index in [1.807, 2.05) is 0 Å². The molecule has 4 aliphatic heterocycles. The lowest BCUT2D eigenvalue weighted by Gasteiger charge is -2.47. The van der Waals surface area contributed by atoms with E-state index in [1.165, 1.54) is 14.2 Å². The number of aliphatic hydroxyl groups is 2. The number of rotatable bonds is 5. The van der Waals surface area contributed by atoms with Crippen LogP contribution in [0.5, 0.6) is 28.7 Å². The highest BCUT2D eigenvalue weighted by Crippen LogP contribution is 2.57. The molecule has 1 aliphatic carbocycles. The van der Waals surface area contributed by atoms with Crippen molar-refractivity contribution in [2.24, 2.45) is 11.8 Å². The summed E-state index contributed by atoms with van der Waals surface area (Å²) in [5.74, 6) is -1.02. The van der Waals surface area contributed by atoms with E-state index in [4.69, 9.17) is 42.6 Å². The van der Waals surface area contributed by atoms with Gasteiger partial charge in [-0.3, -0.25) is 4.79 Å². The molecule has 10 atom stereocenters. The van der Waals surface area contributed by atoms with Gasteiger partial charge in [-0.25, -0.2) is 0 Å². The predicted octanol–water partition coefficient (Wildman–Crippen LogP) is 1.34. The third-order valence-electron chi connectivity index (χ3n) is 8.75. The van der Waals surface area contributed by atoms with E-state index in [2.05, 4.69) is 0 Å². The minimum Gasteiger partial charge on any atom is -0.502 e. The van der Waals surface area contributed by atoms with Crippen molar-refractivity contribution in [1.29, 1.82) is 0 Å². The molecule has 0 saturated carbocycles. The van der Waals surface area contributed by atoms with Crippen LogP contribution in [0.4, 0.5) is 0 Å². The predicted molar refractivity (Wildman–Crippen MR) is 138 cm³/mol. The summed E-state index contributed by atoms with van der Waals surface area (Å²) < 4.78 is 51.5. The molecule has 2 aromatic carbocycles. The van der Waals surface area contributed by atoms with E-state index in [0.29, 0.717) is 28.2 Å². The van der Waals surface area contributed by atoms with Crippen molar-refractivity contribution in [3.63, 3.8) is 0 Å². The van der Waals surface area contributed by atoms with Crippen LogP contribution < -0.4 is 18.9 Å². The number of carbonyl (C=O) groups is 1. The van der Waals surface area contributed by atoms with E-state index in [-0.39, 0.29) is 37.3 Å². The van der Waals surface area contributed by atoms with Gasteiger partial charge < -0.3 is 58.0 Å². The van der Waals surface area contributed by atoms with Crippen LogP contribution in [0.25, 0.3) is 0 Å². The molecule has 0 aromatic heterocycles. The molecule has 0 spiro atoms. The maximum absolute atomic E-state index is 13.4. The number of cyclic esters (lactones) is 1. The van der Waals surface area contributed by atoms with Gasteiger partial charge in [-0.05, 0) is 47.9 Å². The highest BCUT2D eigenvalue weighted by atomic mass is 16.8. The molecule has 0 bridgehead atoms. The van der Waals surface area contributed by atoms with Gasteiger partial charge in [0.25, 0.3) is 0 Å². The van der Waals surface area contributed by atoms with Gasteiger partial charge in [-0.2, -0.15) is 0 Å². The summed E-state index contributed by atoms with van der Waals surface area (Å²) in [6.07, 6.45) is -6.80. The van der Waals surface area contributed by atoms with Gasteiger partial charge in [-0.1, -0.05) is 0 Å². The van der Waals surface area contributed by atoms with Crippen LogP contribution in [0.15, 0.2) is 24.3 Å². The Kier molecular flexibility index (Phi) is 6.83. The van der Waals surface area contributed by atoms with E-state index in [0.717, 1.165) is 0 Å². The van der Waals surface area contributed by atoms with Crippen LogP contribution in [0.1, 0.15) is 35.6 Å². The van der Waals surface area contributed by atoms with Crippen molar-refractivity contribution in [2.75, 3.05) is 34.2 Å². The minimum absolute atomic E-state index is 0.0301. The van der Waals surface area contributed by atoms with E-state index < -0.39 is 66.8 Å². The van der Waals surface area contributed by atoms with Gasteiger partial charge in [0, 0.05) is 11.8 Å². The largest absolute Gasteiger partial charge is 0.502 e. The number of methoxy groups -OCH3 is 2. The Bertz CT molecular complexity index is 1350. The van der Waals surface area contributed by atoms with Crippen molar-refractivity contribution < 1.29 is 62.7 Å². The molecule has 13 heteroatoms. The average molecular weight is 589 g/mol. The van der Waals surface area contributed by atoms with Gasteiger partial charge in [-0.15, -0.1) is 0 Å². The first-order chi connectivity index (χ1) is 20.3. The van der Waals surface area contributed by atoms with Crippen LogP contribution in [-0.2, 0) is 28.5 Å². The third kappa shape index (κ3) is 4.26. The topological polar surface area (TPSA) is 161 Å². The molecule has 5 aliphatic rings. The van der Waals surface area contributed by atoms with Crippen molar-refractivity contribution in [3.8, 4) is 28.7 Å². The Labute approximate surface area is 240 Å². The van der Waals surface area contributed by atoms with Crippen molar-refractivity contribution in [2.45, 2.75) is 55.9 Å². The summed E-state index contributed by atoms with van der Waals surface area (Å²) in [4.78, 5) is 13.4. The lowest BCUT2D eigenvalue weighted by Crippen LogP contribution is -2.63. The molecular formula is C29H32O13. The van der Waals surface area contributed by atoms with Crippen molar-refractivity contribution in [3.05, 3.63) is 41.0 Å². The number of phenols is 1. The van der Waals surface area contributed by atoms with Gasteiger partial charge in [0.1, 0.15) is 24.4 Å². The number of esters is 1. The minimum atomic E-state index is -1.44. The molecule has 226 valence electrons. The van der Waals surface area contributed by atoms with Gasteiger partial charge in [0.2, 0.25) is 12.5 Å². The Balaban J connectivity index is 1.32. The summed E-state index contributed by atoms with van der Waals surface area (Å²) in [5.41, 5.74) is 2.01. The quantitative estimate of drug-likeness (QED) is 0.430. The fraction of sp³-hybridized carbons (Fsp3) is 0.552. The number of phenolic OH excluding ortho intramolecular Hbond substituents is 1. The van der Waals surface area contributed by atoms with Crippen LogP contribution >= 0.6 is 0 Å². The Morgan fingerprint density at radius 3 is 2.26 bits per heavy atom. The SMILES string of the molecule is COc1cc([C@@H]2c3cc4c(cc3[C@H](O[C@H]3O[C@H]5CO[C@H](C)O[C@H]5[C@H](O)[C@H]3O)[C@H]3COC(=O)[C@H]23)OCO4)cc(OC)c1O. The zero-order valence-electron chi connectivity index (χ0n) is 23.1. The van der Waals surface area contributed by atoms with Crippen LogP contribution in [0, 0.1) is 11.8 Å². The molecular weight excluding hydrogens is 556 g/mol. The summed E-state index contributed by atoms with van der Waals surface area (Å²) in [6.45, 7) is 1.93. The summed E-state index contributed by atoms with van der Waals surface area (Å²) in [7, 11) is 2.86. The molecule has 0 radical (unpaired) electrons. The number of aliphatic hydroxyl groups excluding tert-OH is 2. The van der Waals surface area contributed by atoms with Crippen molar-refractivity contribution >= 4 is 5.97 Å². The molecule has 3 fully saturated rings. The Morgan fingerprint density at radius 2 is 1.57 bits per heavy atom. The molecule has 42 heavy (non-hydrogen) atoms. The van der Waals surface area contributed by atoms with Crippen LogP contribution in [0.3, 0.4) is 0 Å². The second-order valence-corrected chi connectivity index (χ2v) is 11.0. The molecule has 0 amide bonds. The Morgan fingerprint density at radius 1 is 0.881 bits per heavy atom. The number of aromatic hydroxyl groups is 1. The molecule has 7 rings (SSSR count). The fourth-order valence-electron chi connectivity index (χ4n) is 6.74. The van der Waals surface area contributed by atoms with Crippen LogP contribution in [-0.4, -0.2) is 92.5 Å². The summed E-state index contributed by atoms with van der Waals surface area (Å²) >= 11 is 0.